The number of benzene rings is 1. The van der Waals surface area contributed by atoms with Gasteiger partial charge in [-0.25, -0.2) is 0 Å². The van der Waals surface area contributed by atoms with Crippen LogP contribution in [-0.4, -0.2) is 42.8 Å². The number of hydrogen-bond donors (Lipinski definition) is 1. The van der Waals surface area contributed by atoms with Gasteiger partial charge in [-0.2, -0.15) is 0 Å². The van der Waals surface area contributed by atoms with Crippen molar-refractivity contribution in [2.75, 3.05) is 31.8 Å². The van der Waals surface area contributed by atoms with Crippen molar-refractivity contribution in [1.29, 1.82) is 0 Å². The van der Waals surface area contributed by atoms with Crippen LogP contribution in [0.3, 0.4) is 0 Å². The molecule has 0 radical (unpaired) electrons. The Kier molecular flexibility index (Phi) is 9.30. The standard InChI is InChI=1S/C14H20N2O5S2/c1-11(12-3-5-13(20-2)6-4-12)14(17)15-7-9-22-23-10-8-21-16(18)19/h3-6,11H,7-10H2,1-2H3,(H,15,17). The van der Waals surface area contributed by atoms with Crippen LogP contribution in [0.1, 0.15) is 18.4 Å². The minimum Gasteiger partial charge on any atom is -0.497 e. The van der Waals surface area contributed by atoms with Crippen molar-refractivity contribution >= 4 is 27.5 Å². The molecule has 9 heteroatoms. The van der Waals surface area contributed by atoms with Crippen molar-refractivity contribution in [3.63, 3.8) is 0 Å². The molecule has 0 saturated carbocycles. The molecule has 1 rings (SSSR count). The highest BCUT2D eigenvalue weighted by atomic mass is 33.1. The SMILES string of the molecule is COc1ccc(C(C)C(=O)NCCSSCCO[N+](=O)[O-])cc1. The second-order valence-corrected chi connectivity index (χ2v) is 7.19. The predicted molar refractivity (Wildman–Crippen MR) is 92.3 cm³/mol. The van der Waals surface area contributed by atoms with Crippen LogP contribution in [0.15, 0.2) is 24.3 Å². The van der Waals surface area contributed by atoms with Crippen LogP contribution in [0.5, 0.6) is 5.75 Å². The van der Waals surface area contributed by atoms with Gasteiger partial charge in [0, 0.05) is 18.1 Å². The lowest BCUT2D eigenvalue weighted by molar-refractivity contribution is -0.756. The molecule has 0 heterocycles. The number of hydrogen-bond acceptors (Lipinski definition) is 7. The summed E-state index contributed by atoms with van der Waals surface area (Å²) >= 11 is 0. The molecule has 23 heavy (non-hydrogen) atoms. The van der Waals surface area contributed by atoms with Gasteiger partial charge in [0.2, 0.25) is 5.91 Å². The third-order valence-corrected chi connectivity index (χ3v) is 5.31. The molecular weight excluding hydrogens is 340 g/mol. The Morgan fingerprint density at radius 2 is 1.96 bits per heavy atom. The van der Waals surface area contributed by atoms with Crippen LogP contribution >= 0.6 is 21.6 Å². The molecule has 0 aliphatic heterocycles. The molecule has 0 bridgehead atoms. The fraction of sp³-hybridized carbons (Fsp3) is 0.500. The molecule has 1 aromatic carbocycles. The maximum absolute atomic E-state index is 12.1. The van der Waals surface area contributed by atoms with E-state index < -0.39 is 5.09 Å². The monoisotopic (exact) mass is 360 g/mol. The van der Waals surface area contributed by atoms with Crippen molar-refractivity contribution in [3.05, 3.63) is 39.9 Å². The Labute approximate surface area is 143 Å². The summed E-state index contributed by atoms with van der Waals surface area (Å²) in [7, 11) is 4.62. The van der Waals surface area contributed by atoms with Crippen LogP contribution < -0.4 is 10.1 Å². The molecule has 0 aliphatic carbocycles. The molecule has 0 aromatic heterocycles. The topological polar surface area (TPSA) is 90.7 Å². The number of methoxy groups -OCH3 is 1. The highest BCUT2D eigenvalue weighted by Gasteiger charge is 2.14. The Bertz CT molecular complexity index is 498. The summed E-state index contributed by atoms with van der Waals surface area (Å²) in [4.78, 5) is 26.2. The number of nitrogens with one attached hydrogen (secondary N) is 1. The predicted octanol–water partition coefficient (Wildman–Crippen LogP) is 2.50. The van der Waals surface area contributed by atoms with E-state index >= 15 is 0 Å². The molecule has 1 atom stereocenters. The van der Waals surface area contributed by atoms with Gasteiger partial charge in [-0.3, -0.25) is 4.79 Å². The smallest absolute Gasteiger partial charge is 0.294 e. The van der Waals surface area contributed by atoms with Gasteiger partial charge in [-0.05, 0) is 24.6 Å². The van der Waals surface area contributed by atoms with E-state index in [0.29, 0.717) is 12.3 Å². The first-order valence-electron chi connectivity index (χ1n) is 6.98. The highest BCUT2D eigenvalue weighted by molar-refractivity contribution is 8.76. The van der Waals surface area contributed by atoms with E-state index in [1.807, 2.05) is 31.2 Å². The van der Waals surface area contributed by atoms with Crippen LogP contribution in [0, 0.1) is 10.1 Å². The average Bonchev–Trinajstić information content (AvgIpc) is 2.56. The average molecular weight is 360 g/mol. The molecule has 1 aromatic rings. The second-order valence-electron chi connectivity index (χ2n) is 4.49. The van der Waals surface area contributed by atoms with Crippen LogP contribution in [0.2, 0.25) is 0 Å². The summed E-state index contributed by atoms with van der Waals surface area (Å²) in [5.74, 6) is 1.76. The fourth-order valence-electron chi connectivity index (χ4n) is 1.68. The minimum atomic E-state index is -0.800. The molecule has 0 aliphatic rings. The van der Waals surface area contributed by atoms with Crippen molar-refractivity contribution in [2.45, 2.75) is 12.8 Å². The van der Waals surface area contributed by atoms with Gasteiger partial charge in [0.1, 0.15) is 12.4 Å². The minimum absolute atomic E-state index is 0.0301. The first-order chi connectivity index (χ1) is 11.0. The zero-order valence-corrected chi connectivity index (χ0v) is 14.7. The van der Waals surface area contributed by atoms with E-state index in [1.54, 1.807) is 17.9 Å². The van der Waals surface area contributed by atoms with Gasteiger partial charge < -0.3 is 14.9 Å². The fourth-order valence-corrected chi connectivity index (χ4v) is 3.40. The Morgan fingerprint density at radius 1 is 1.30 bits per heavy atom. The number of rotatable bonds is 11. The molecule has 1 amide bonds. The van der Waals surface area contributed by atoms with E-state index in [4.69, 9.17) is 4.74 Å². The molecule has 7 nitrogen and oxygen atoms in total. The summed E-state index contributed by atoms with van der Waals surface area (Å²) in [6.45, 7) is 2.48. The molecule has 128 valence electrons. The maximum atomic E-state index is 12.1. The third-order valence-electron chi connectivity index (χ3n) is 2.94. The van der Waals surface area contributed by atoms with E-state index in [2.05, 4.69) is 10.2 Å². The molecule has 0 saturated heterocycles. The number of nitrogens with zero attached hydrogens (tertiary/aromatic N) is 1. The number of amides is 1. The van der Waals surface area contributed by atoms with Crippen molar-refractivity contribution in [3.8, 4) is 5.75 Å². The summed E-state index contributed by atoms with van der Waals surface area (Å²) in [6, 6.07) is 7.42. The van der Waals surface area contributed by atoms with Crippen molar-refractivity contribution < 1.29 is 19.5 Å². The highest BCUT2D eigenvalue weighted by Crippen LogP contribution is 2.21. The molecule has 0 fully saturated rings. The maximum Gasteiger partial charge on any atom is 0.294 e. The van der Waals surface area contributed by atoms with Crippen LogP contribution in [0.4, 0.5) is 0 Å². The van der Waals surface area contributed by atoms with E-state index in [9.17, 15) is 14.9 Å². The van der Waals surface area contributed by atoms with Gasteiger partial charge in [0.05, 0.1) is 13.0 Å². The van der Waals surface area contributed by atoms with Gasteiger partial charge in [0.15, 0.2) is 0 Å². The van der Waals surface area contributed by atoms with E-state index in [0.717, 1.165) is 17.1 Å². The van der Waals surface area contributed by atoms with Crippen molar-refractivity contribution in [2.24, 2.45) is 0 Å². The first-order valence-corrected chi connectivity index (χ1v) is 9.46. The first kappa shape index (κ1) is 19.4. The quantitative estimate of drug-likeness (QED) is 0.281. The third kappa shape index (κ3) is 7.98. The molecular formula is C14H20N2O5S2. The lowest BCUT2D eigenvalue weighted by atomic mass is 10.0. The van der Waals surface area contributed by atoms with Crippen molar-refractivity contribution in [1.82, 2.24) is 5.32 Å². The molecule has 1 N–H and O–H groups in total. The zero-order chi connectivity index (χ0) is 17.1. The lowest BCUT2D eigenvalue weighted by Crippen LogP contribution is -2.29. The lowest BCUT2D eigenvalue weighted by Gasteiger charge is -2.13. The van der Waals surface area contributed by atoms with Crippen LogP contribution in [-0.2, 0) is 9.63 Å². The number of carbonyl (C=O) groups is 1. The summed E-state index contributed by atoms with van der Waals surface area (Å²) in [6.07, 6.45) is 0. The number of carbonyl (C=O) groups excluding carboxylic acids is 1. The normalized spacial score (nSPS) is 11.6. The molecule has 0 spiro atoms. The van der Waals surface area contributed by atoms with E-state index in [-0.39, 0.29) is 18.4 Å². The second kappa shape index (κ2) is 11.0. The Morgan fingerprint density at radius 3 is 2.57 bits per heavy atom. The van der Waals surface area contributed by atoms with Crippen LogP contribution in [0.25, 0.3) is 0 Å². The zero-order valence-electron chi connectivity index (χ0n) is 13.0. The summed E-state index contributed by atoms with van der Waals surface area (Å²) in [5, 5.41) is 12.0. The van der Waals surface area contributed by atoms with Gasteiger partial charge in [-0.15, -0.1) is 10.1 Å². The summed E-state index contributed by atoms with van der Waals surface area (Å²) in [5.41, 5.74) is 0.933. The summed E-state index contributed by atoms with van der Waals surface area (Å²) < 4.78 is 5.09. The largest absolute Gasteiger partial charge is 0.497 e. The Hall–Kier alpha value is -1.61. The Balaban J connectivity index is 2.16. The number of ether oxygens (including phenoxy) is 1. The van der Waals surface area contributed by atoms with Gasteiger partial charge in [0.25, 0.3) is 5.09 Å². The van der Waals surface area contributed by atoms with E-state index in [1.165, 1.54) is 10.8 Å². The van der Waals surface area contributed by atoms with Gasteiger partial charge >= 0.3 is 0 Å². The van der Waals surface area contributed by atoms with Gasteiger partial charge in [-0.1, -0.05) is 33.7 Å². The molecule has 1 unspecified atom stereocenters.